The monoisotopic (exact) mass is 467 g/mol. The largest absolute Gasteiger partial charge is 0.354 e. The molecule has 0 saturated heterocycles. The second-order valence-electron chi connectivity index (χ2n) is 8.23. The summed E-state index contributed by atoms with van der Waals surface area (Å²) in [5.74, 6) is 0. The summed E-state index contributed by atoms with van der Waals surface area (Å²) >= 11 is 0. The lowest BCUT2D eigenvalue weighted by Gasteiger charge is -2.17. The number of nitriles is 1. The van der Waals surface area contributed by atoms with Gasteiger partial charge in [-0.2, -0.15) is 5.26 Å². The quantitative estimate of drug-likeness (QED) is 0.184. The molecule has 0 spiro atoms. The van der Waals surface area contributed by atoms with Gasteiger partial charge in [0.2, 0.25) is 0 Å². The molecule has 0 amide bonds. The predicted molar refractivity (Wildman–Crippen MR) is 150 cm³/mol. The van der Waals surface area contributed by atoms with Gasteiger partial charge in [0, 0.05) is 22.7 Å². The molecule has 0 aliphatic carbocycles. The van der Waals surface area contributed by atoms with E-state index in [-0.39, 0.29) is 0 Å². The summed E-state index contributed by atoms with van der Waals surface area (Å²) in [6.45, 7) is 0. The van der Waals surface area contributed by atoms with Crippen LogP contribution in [-0.4, -0.2) is 0 Å². The zero-order chi connectivity index (χ0) is 24.6. The number of rotatable bonds is 8. The molecule has 0 unspecified atom stereocenters. The molecular weight excluding hydrogens is 442 g/mol. The Balaban J connectivity index is 1.41. The summed E-state index contributed by atoms with van der Waals surface area (Å²) in [6.07, 6.45) is 0. The second-order valence-corrected chi connectivity index (χ2v) is 8.23. The van der Waals surface area contributed by atoms with Crippen LogP contribution in [0.2, 0.25) is 0 Å². The van der Waals surface area contributed by atoms with Crippen molar-refractivity contribution in [2.24, 2.45) is 0 Å². The summed E-state index contributed by atoms with van der Waals surface area (Å²) in [7, 11) is 0. The van der Waals surface area contributed by atoms with Crippen molar-refractivity contribution in [3.05, 3.63) is 133 Å². The maximum absolute atomic E-state index is 9.69. The average Bonchev–Trinajstić information content (AvgIpc) is 2.92. The Morgan fingerprint density at radius 1 is 0.389 bits per heavy atom. The Labute approximate surface area is 211 Å². The third kappa shape index (κ3) is 5.64. The molecule has 5 aromatic carbocycles. The highest BCUT2D eigenvalue weighted by Gasteiger charge is 2.08. The van der Waals surface area contributed by atoms with Crippen LogP contribution < -0.4 is 21.3 Å². The molecule has 0 bridgehead atoms. The molecule has 5 heteroatoms. The molecule has 0 saturated carbocycles. The van der Waals surface area contributed by atoms with E-state index in [1.165, 1.54) is 0 Å². The normalized spacial score (nSPS) is 10.2. The third-order valence-corrected chi connectivity index (χ3v) is 5.58. The van der Waals surface area contributed by atoms with E-state index in [1.54, 1.807) is 0 Å². The highest BCUT2D eigenvalue weighted by molar-refractivity contribution is 5.82. The fourth-order valence-corrected chi connectivity index (χ4v) is 3.90. The minimum Gasteiger partial charge on any atom is -0.354 e. The molecule has 0 radical (unpaired) electrons. The Morgan fingerprint density at radius 2 is 0.722 bits per heavy atom. The molecule has 4 N–H and O–H groups in total. The van der Waals surface area contributed by atoms with E-state index < -0.39 is 0 Å². The van der Waals surface area contributed by atoms with Gasteiger partial charge in [-0.1, -0.05) is 60.7 Å². The number of benzene rings is 5. The van der Waals surface area contributed by atoms with E-state index in [0.717, 1.165) is 45.5 Å². The number of hydrogen-bond donors (Lipinski definition) is 4. The third-order valence-electron chi connectivity index (χ3n) is 5.58. The van der Waals surface area contributed by atoms with Crippen molar-refractivity contribution in [1.29, 1.82) is 5.26 Å². The maximum Gasteiger partial charge on any atom is 0.0993 e. The van der Waals surface area contributed by atoms with Crippen LogP contribution in [0.3, 0.4) is 0 Å². The van der Waals surface area contributed by atoms with Crippen LogP contribution in [0.25, 0.3) is 0 Å². The smallest absolute Gasteiger partial charge is 0.0993 e. The zero-order valence-electron chi connectivity index (χ0n) is 19.6. The fourth-order valence-electron chi connectivity index (χ4n) is 3.90. The summed E-state index contributed by atoms with van der Waals surface area (Å²) in [6, 6.07) is 44.0. The molecule has 0 aliphatic heterocycles. The first-order valence-electron chi connectivity index (χ1n) is 11.7. The van der Waals surface area contributed by atoms with Crippen LogP contribution in [0.5, 0.6) is 0 Å². The molecule has 0 heterocycles. The van der Waals surface area contributed by atoms with Gasteiger partial charge >= 0.3 is 0 Å². The summed E-state index contributed by atoms with van der Waals surface area (Å²) in [5, 5.41) is 23.6. The van der Waals surface area contributed by atoms with E-state index >= 15 is 0 Å². The summed E-state index contributed by atoms with van der Waals surface area (Å²) < 4.78 is 0. The maximum atomic E-state index is 9.69. The van der Waals surface area contributed by atoms with Gasteiger partial charge in [0.1, 0.15) is 0 Å². The molecule has 5 nitrogen and oxygen atoms in total. The molecule has 5 aromatic rings. The van der Waals surface area contributed by atoms with Crippen LogP contribution in [0.1, 0.15) is 5.56 Å². The molecule has 0 aliphatic rings. The first-order valence-corrected chi connectivity index (χ1v) is 11.7. The number of anilines is 8. The van der Waals surface area contributed by atoms with Crippen molar-refractivity contribution >= 4 is 45.5 Å². The highest BCUT2D eigenvalue weighted by atomic mass is 15.0. The van der Waals surface area contributed by atoms with Crippen molar-refractivity contribution < 1.29 is 0 Å². The van der Waals surface area contributed by atoms with E-state index in [2.05, 4.69) is 27.3 Å². The van der Waals surface area contributed by atoms with Crippen molar-refractivity contribution in [1.82, 2.24) is 0 Å². The van der Waals surface area contributed by atoms with Gasteiger partial charge in [-0.25, -0.2) is 0 Å². The van der Waals surface area contributed by atoms with E-state index in [1.807, 2.05) is 127 Å². The molecular formula is C31H25N5. The lowest BCUT2D eigenvalue weighted by atomic mass is 10.1. The molecule has 36 heavy (non-hydrogen) atoms. The Morgan fingerprint density at radius 3 is 1.08 bits per heavy atom. The second kappa shape index (κ2) is 10.8. The van der Waals surface area contributed by atoms with Crippen molar-refractivity contribution in [2.45, 2.75) is 0 Å². The average molecular weight is 468 g/mol. The topological polar surface area (TPSA) is 71.9 Å². The van der Waals surface area contributed by atoms with Crippen LogP contribution in [0.15, 0.2) is 127 Å². The van der Waals surface area contributed by atoms with E-state index in [9.17, 15) is 5.26 Å². The highest BCUT2D eigenvalue weighted by Crippen LogP contribution is 2.32. The van der Waals surface area contributed by atoms with Gasteiger partial charge < -0.3 is 21.3 Å². The molecule has 5 rings (SSSR count). The summed E-state index contributed by atoms with van der Waals surface area (Å²) in [5.41, 5.74) is 7.90. The first kappa shape index (κ1) is 22.6. The lowest BCUT2D eigenvalue weighted by Crippen LogP contribution is -2.00. The van der Waals surface area contributed by atoms with Crippen molar-refractivity contribution in [2.75, 3.05) is 21.3 Å². The molecule has 0 aromatic heterocycles. The van der Waals surface area contributed by atoms with E-state index in [0.29, 0.717) is 5.56 Å². The zero-order valence-corrected chi connectivity index (χ0v) is 19.6. The Bertz CT molecular complexity index is 1390. The van der Waals surface area contributed by atoms with Crippen LogP contribution in [-0.2, 0) is 0 Å². The number of nitrogens with one attached hydrogen (secondary N) is 4. The SMILES string of the molecule is N#Cc1cc(Nc2ccccc2Nc2ccccc2)cc(Nc2ccccc2Nc2ccccc2)c1. The molecule has 0 atom stereocenters. The Hall–Kier alpha value is -5.21. The lowest BCUT2D eigenvalue weighted by molar-refractivity contribution is 1.45. The van der Waals surface area contributed by atoms with Gasteiger partial charge in [-0.3, -0.25) is 0 Å². The first-order chi connectivity index (χ1) is 17.8. The van der Waals surface area contributed by atoms with Crippen molar-refractivity contribution in [3.8, 4) is 6.07 Å². The van der Waals surface area contributed by atoms with Crippen molar-refractivity contribution in [3.63, 3.8) is 0 Å². The number of hydrogen-bond acceptors (Lipinski definition) is 5. The number of nitrogens with zero attached hydrogens (tertiary/aromatic N) is 1. The Kier molecular flexibility index (Phi) is 6.78. The minimum absolute atomic E-state index is 0.560. The van der Waals surface area contributed by atoms with E-state index in [4.69, 9.17) is 0 Å². The number of para-hydroxylation sites is 6. The van der Waals surface area contributed by atoms with Crippen LogP contribution in [0.4, 0.5) is 45.5 Å². The minimum atomic E-state index is 0.560. The fraction of sp³-hybridized carbons (Fsp3) is 0. The van der Waals surface area contributed by atoms with Crippen LogP contribution >= 0.6 is 0 Å². The predicted octanol–water partition coefficient (Wildman–Crippen LogP) is 8.53. The molecule has 174 valence electrons. The van der Waals surface area contributed by atoms with Gasteiger partial charge in [0.15, 0.2) is 0 Å². The van der Waals surface area contributed by atoms with Crippen LogP contribution in [0, 0.1) is 11.3 Å². The standard InChI is InChI=1S/C31H25N5/c32-22-23-19-26(35-30-17-9-7-15-28(30)33-24-11-3-1-4-12-24)21-27(20-23)36-31-18-10-8-16-29(31)34-25-13-5-2-6-14-25/h1-21,33-36H. The summed E-state index contributed by atoms with van der Waals surface area (Å²) in [4.78, 5) is 0. The van der Waals surface area contributed by atoms with Gasteiger partial charge in [0.05, 0.1) is 34.4 Å². The van der Waals surface area contributed by atoms with Gasteiger partial charge in [-0.15, -0.1) is 0 Å². The van der Waals surface area contributed by atoms with Gasteiger partial charge in [0.25, 0.3) is 0 Å². The molecule has 0 fully saturated rings. The van der Waals surface area contributed by atoms with Gasteiger partial charge in [-0.05, 0) is 66.7 Å².